The number of nitrogens with one attached hydrogen (secondary N) is 1. The number of fused-ring (bicyclic) bond motifs is 1. The molecule has 1 aromatic carbocycles. The first kappa shape index (κ1) is 17.5. The molecule has 1 aromatic heterocycles. The zero-order chi connectivity index (χ0) is 19.0. The van der Waals surface area contributed by atoms with E-state index in [1.807, 2.05) is 19.1 Å². The highest BCUT2D eigenvalue weighted by atomic mass is 16.2. The summed E-state index contributed by atoms with van der Waals surface area (Å²) in [4.78, 5) is 52.6. The number of hydrogen-bond donors (Lipinski definition) is 1. The summed E-state index contributed by atoms with van der Waals surface area (Å²) in [6.45, 7) is 2.03. The summed E-state index contributed by atoms with van der Waals surface area (Å²) in [6, 6.07) is 7.36. The molecule has 3 rings (SSSR count). The van der Waals surface area contributed by atoms with Gasteiger partial charge in [0.1, 0.15) is 0 Å². The van der Waals surface area contributed by atoms with Gasteiger partial charge in [0.25, 0.3) is 11.5 Å². The molecule has 134 valence electrons. The van der Waals surface area contributed by atoms with Gasteiger partial charge in [0.2, 0.25) is 5.91 Å². The van der Waals surface area contributed by atoms with E-state index in [1.165, 1.54) is 14.1 Å². The average molecular weight is 354 g/mol. The molecule has 26 heavy (non-hydrogen) atoms. The Bertz CT molecular complexity index is 1150. The van der Waals surface area contributed by atoms with E-state index >= 15 is 0 Å². The summed E-state index contributed by atoms with van der Waals surface area (Å²) in [6.07, 6.45) is 0.596. The van der Waals surface area contributed by atoms with Gasteiger partial charge < -0.3 is 5.32 Å². The molecule has 2 amide bonds. The Morgan fingerprint density at radius 2 is 1.73 bits per heavy atom. The first-order chi connectivity index (χ1) is 12.3. The summed E-state index contributed by atoms with van der Waals surface area (Å²) in [5.74, 6) is -1.11. The van der Waals surface area contributed by atoms with E-state index in [0.717, 1.165) is 21.1 Å². The van der Waals surface area contributed by atoms with E-state index in [-0.39, 0.29) is 22.7 Å². The number of rotatable bonds is 4. The normalized spacial score (nSPS) is 12.7. The van der Waals surface area contributed by atoms with Crippen molar-refractivity contribution in [1.29, 1.82) is 0 Å². The Kier molecular flexibility index (Phi) is 4.41. The Balaban J connectivity index is 1.98. The van der Waals surface area contributed by atoms with Crippen LogP contribution in [0.4, 0.5) is 5.69 Å². The molecule has 0 fully saturated rings. The number of carbonyl (C=O) groups is 2. The van der Waals surface area contributed by atoms with Gasteiger partial charge in [-0.3, -0.25) is 23.5 Å². The summed E-state index contributed by atoms with van der Waals surface area (Å²) >= 11 is 0. The van der Waals surface area contributed by atoms with Gasteiger partial charge in [-0.1, -0.05) is 19.1 Å². The fraction of sp³-hybridized carbons (Fsp3) is 0.278. The summed E-state index contributed by atoms with van der Waals surface area (Å²) in [7, 11) is 2.75. The zero-order valence-electron chi connectivity index (χ0n) is 14.7. The first-order valence-electron chi connectivity index (χ1n) is 8.14. The molecule has 0 radical (unpaired) electrons. The van der Waals surface area contributed by atoms with Gasteiger partial charge in [0.05, 0.1) is 11.6 Å². The van der Waals surface area contributed by atoms with Crippen LogP contribution in [0.1, 0.15) is 18.9 Å². The molecule has 0 unspecified atom stereocenters. The molecule has 0 saturated heterocycles. The highest BCUT2D eigenvalue weighted by molar-refractivity contribution is 6.20. The molecule has 0 saturated carbocycles. The van der Waals surface area contributed by atoms with Gasteiger partial charge in [-0.2, -0.15) is 4.99 Å². The van der Waals surface area contributed by atoms with E-state index in [1.54, 1.807) is 12.1 Å². The number of benzene rings is 1. The molecule has 8 nitrogen and oxygen atoms in total. The minimum Gasteiger partial charge on any atom is -0.326 e. The van der Waals surface area contributed by atoms with Gasteiger partial charge >= 0.3 is 5.69 Å². The third-order valence-corrected chi connectivity index (χ3v) is 4.38. The van der Waals surface area contributed by atoms with E-state index in [4.69, 9.17) is 0 Å². The maximum Gasteiger partial charge on any atom is 0.332 e. The number of amides is 2. The monoisotopic (exact) mass is 354 g/mol. The van der Waals surface area contributed by atoms with Crippen LogP contribution >= 0.6 is 0 Å². The number of aryl methyl sites for hydroxylation is 1. The Morgan fingerprint density at radius 1 is 1.08 bits per heavy atom. The van der Waals surface area contributed by atoms with Crippen LogP contribution in [-0.2, 0) is 30.1 Å². The van der Waals surface area contributed by atoms with Crippen LogP contribution in [0.5, 0.6) is 0 Å². The SMILES string of the molecule is CCc1ccc(NC(=O)CC2=c3c(=O)n(C)c(=O)n(C)c3=NC2=O)cc1. The summed E-state index contributed by atoms with van der Waals surface area (Å²) in [5, 5.41) is 2.71. The van der Waals surface area contributed by atoms with E-state index < -0.39 is 23.1 Å². The molecular weight excluding hydrogens is 336 g/mol. The molecule has 0 bridgehead atoms. The number of anilines is 1. The van der Waals surface area contributed by atoms with Crippen LogP contribution < -0.4 is 27.3 Å². The van der Waals surface area contributed by atoms with Crippen LogP contribution in [0.25, 0.3) is 5.57 Å². The van der Waals surface area contributed by atoms with E-state index in [0.29, 0.717) is 5.69 Å². The van der Waals surface area contributed by atoms with Gasteiger partial charge in [0, 0.05) is 25.4 Å². The highest BCUT2D eigenvalue weighted by Gasteiger charge is 2.24. The lowest BCUT2D eigenvalue weighted by atomic mass is 10.1. The second-order valence-corrected chi connectivity index (χ2v) is 6.08. The molecule has 1 N–H and O–H groups in total. The number of aromatic nitrogens is 2. The maximum absolute atomic E-state index is 12.4. The zero-order valence-corrected chi connectivity index (χ0v) is 14.7. The maximum atomic E-state index is 12.4. The van der Waals surface area contributed by atoms with Gasteiger partial charge in [-0.05, 0) is 24.1 Å². The molecule has 0 atom stereocenters. The summed E-state index contributed by atoms with van der Waals surface area (Å²) in [5.41, 5.74) is 0.529. The van der Waals surface area contributed by atoms with Crippen molar-refractivity contribution in [2.45, 2.75) is 19.8 Å². The third kappa shape index (κ3) is 2.90. The minimum atomic E-state index is -0.671. The van der Waals surface area contributed by atoms with Crippen LogP contribution in [-0.4, -0.2) is 20.9 Å². The Hall–Kier alpha value is -3.29. The van der Waals surface area contributed by atoms with Crippen molar-refractivity contribution < 1.29 is 9.59 Å². The smallest absolute Gasteiger partial charge is 0.326 e. The third-order valence-electron chi connectivity index (χ3n) is 4.38. The second kappa shape index (κ2) is 6.55. The average Bonchev–Trinajstić information content (AvgIpc) is 2.95. The number of hydrogen-bond acceptors (Lipinski definition) is 4. The quantitative estimate of drug-likeness (QED) is 0.760. The lowest BCUT2D eigenvalue weighted by Gasteiger charge is -2.06. The second-order valence-electron chi connectivity index (χ2n) is 6.08. The molecule has 8 heteroatoms. The van der Waals surface area contributed by atoms with Crippen molar-refractivity contribution in [2.75, 3.05) is 5.32 Å². The first-order valence-corrected chi connectivity index (χ1v) is 8.14. The van der Waals surface area contributed by atoms with Crippen LogP contribution in [0.2, 0.25) is 0 Å². The number of nitrogens with zero attached hydrogens (tertiary/aromatic N) is 3. The van der Waals surface area contributed by atoms with E-state index in [2.05, 4.69) is 10.3 Å². The fourth-order valence-electron chi connectivity index (χ4n) is 2.85. The largest absolute Gasteiger partial charge is 0.332 e. The van der Waals surface area contributed by atoms with Crippen molar-refractivity contribution in [3.05, 3.63) is 61.4 Å². The van der Waals surface area contributed by atoms with E-state index in [9.17, 15) is 19.2 Å². The molecule has 2 heterocycles. The highest BCUT2D eigenvalue weighted by Crippen LogP contribution is 2.12. The fourth-order valence-corrected chi connectivity index (χ4v) is 2.85. The number of carbonyl (C=O) groups excluding carboxylic acids is 2. The van der Waals surface area contributed by atoms with Gasteiger partial charge in [-0.15, -0.1) is 0 Å². The minimum absolute atomic E-state index is 0.00104. The lowest BCUT2D eigenvalue weighted by molar-refractivity contribution is -0.117. The van der Waals surface area contributed by atoms with Crippen molar-refractivity contribution in [2.24, 2.45) is 19.1 Å². The predicted molar refractivity (Wildman–Crippen MR) is 95.2 cm³/mol. The molecule has 2 aromatic rings. The standard InChI is InChI=1S/C18H18N4O4/c1-4-10-5-7-11(8-6-10)19-13(23)9-12-14-15(20-16(12)24)21(2)18(26)22(3)17(14)25/h5-8H,4,9H2,1-3H3,(H,19,23). The molecule has 0 aliphatic carbocycles. The molecule has 1 aliphatic heterocycles. The van der Waals surface area contributed by atoms with Gasteiger partial charge in [0.15, 0.2) is 5.49 Å². The topological polar surface area (TPSA) is 103 Å². The van der Waals surface area contributed by atoms with Crippen LogP contribution in [0, 0.1) is 0 Å². The Morgan fingerprint density at radius 3 is 2.35 bits per heavy atom. The lowest BCUT2D eigenvalue weighted by Crippen LogP contribution is -2.56. The van der Waals surface area contributed by atoms with Crippen molar-refractivity contribution >= 4 is 23.1 Å². The molecule has 1 aliphatic rings. The van der Waals surface area contributed by atoms with Gasteiger partial charge in [-0.25, -0.2) is 4.79 Å². The van der Waals surface area contributed by atoms with Crippen molar-refractivity contribution in [1.82, 2.24) is 9.13 Å². The van der Waals surface area contributed by atoms with Crippen molar-refractivity contribution in [3.63, 3.8) is 0 Å². The Labute approximate surface area is 148 Å². The molecular formula is C18H18N4O4. The van der Waals surface area contributed by atoms with Crippen molar-refractivity contribution in [3.8, 4) is 0 Å². The predicted octanol–water partition coefficient (Wildman–Crippen LogP) is -1.01. The van der Waals surface area contributed by atoms with Crippen LogP contribution in [0.15, 0.2) is 38.8 Å². The van der Waals surface area contributed by atoms with Crippen LogP contribution in [0.3, 0.4) is 0 Å². The summed E-state index contributed by atoms with van der Waals surface area (Å²) < 4.78 is 2.03. The molecule has 0 spiro atoms.